The number of nitrogens with zero attached hydrogens (tertiary/aromatic N) is 1. The molecule has 0 aliphatic heterocycles. The Morgan fingerprint density at radius 1 is 1.06 bits per heavy atom. The third-order valence-electron chi connectivity index (χ3n) is 5.76. The molecule has 1 fully saturated rings. The van der Waals surface area contributed by atoms with Gasteiger partial charge in [-0.15, -0.1) is 11.8 Å². The molecule has 0 spiro atoms. The Labute approximate surface area is 205 Å². The molecule has 4 nitrogen and oxygen atoms in total. The molecule has 0 heterocycles. The molecule has 3 rings (SSSR count). The minimum atomic E-state index is -0.478. The maximum Gasteiger partial charge on any atom is 0.243 e. The van der Waals surface area contributed by atoms with Crippen molar-refractivity contribution in [2.45, 2.75) is 63.4 Å². The highest BCUT2D eigenvalue weighted by molar-refractivity contribution is 7.99. The van der Waals surface area contributed by atoms with Gasteiger partial charge in [0.2, 0.25) is 11.8 Å². The van der Waals surface area contributed by atoms with Crippen LogP contribution in [-0.4, -0.2) is 34.6 Å². The topological polar surface area (TPSA) is 49.4 Å². The van der Waals surface area contributed by atoms with Gasteiger partial charge in [0, 0.05) is 18.3 Å². The zero-order chi connectivity index (χ0) is 22.9. The van der Waals surface area contributed by atoms with Crippen LogP contribution in [0.2, 0.25) is 10.0 Å². The van der Waals surface area contributed by atoms with Crippen LogP contribution in [0.15, 0.2) is 48.5 Å². The van der Waals surface area contributed by atoms with Gasteiger partial charge in [-0.1, -0.05) is 79.4 Å². The fraction of sp³-hybridized carbons (Fsp3) is 0.440. The van der Waals surface area contributed by atoms with Crippen LogP contribution >= 0.6 is 35.0 Å². The number of thioether (sulfide) groups is 1. The Kier molecular flexibility index (Phi) is 9.76. The molecular formula is C25H30Cl2N2O2S. The average molecular weight is 494 g/mol. The quantitative estimate of drug-likeness (QED) is 0.436. The fourth-order valence-electron chi connectivity index (χ4n) is 4.04. The lowest BCUT2D eigenvalue weighted by atomic mass is 10.1. The molecule has 0 bridgehead atoms. The smallest absolute Gasteiger partial charge is 0.243 e. The van der Waals surface area contributed by atoms with Crippen molar-refractivity contribution >= 4 is 46.8 Å². The molecule has 2 aromatic rings. The van der Waals surface area contributed by atoms with E-state index in [-0.39, 0.29) is 17.9 Å². The maximum absolute atomic E-state index is 13.3. The molecule has 2 aromatic carbocycles. The minimum absolute atomic E-state index is 0.0349. The lowest BCUT2D eigenvalue weighted by Gasteiger charge is -2.31. The second kappa shape index (κ2) is 12.5. The second-order valence-electron chi connectivity index (χ2n) is 8.16. The number of carbonyl (C=O) groups is 2. The van der Waals surface area contributed by atoms with Gasteiger partial charge in [0.25, 0.3) is 0 Å². The minimum Gasteiger partial charge on any atom is -0.352 e. The summed E-state index contributed by atoms with van der Waals surface area (Å²) >= 11 is 13.6. The van der Waals surface area contributed by atoms with Gasteiger partial charge >= 0.3 is 0 Å². The molecule has 0 unspecified atom stereocenters. The number of carbonyl (C=O) groups excluding carboxylic acids is 2. The molecular weight excluding hydrogens is 463 g/mol. The molecule has 7 heteroatoms. The van der Waals surface area contributed by atoms with E-state index in [1.807, 2.05) is 49.4 Å². The van der Waals surface area contributed by atoms with Crippen LogP contribution < -0.4 is 5.32 Å². The van der Waals surface area contributed by atoms with E-state index in [1.165, 1.54) is 11.8 Å². The zero-order valence-electron chi connectivity index (χ0n) is 18.4. The van der Waals surface area contributed by atoms with Crippen molar-refractivity contribution in [3.8, 4) is 0 Å². The van der Waals surface area contributed by atoms with Crippen LogP contribution in [0.4, 0.5) is 0 Å². The van der Waals surface area contributed by atoms with Gasteiger partial charge in [0.1, 0.15) is 6.04 Å². The standard InChI is InChI=1S/C25H30Cl2N2O2S/c1-2-23(25(31)28-20-10-6-7-11-20)29(15-18-8-4-3-5-9-18)24(30)17-32-16-19-12-13-21(26)22(27)14-19/h3-5,8-9,12-14,20,23H,2,6-7,10-11,15-17H2,1H3,(H,28,31)/t23-/m0/s1. The molecule has 2 amide bonds. The molecule has 1 aliphatic rings. The maximum atomic E-state index is 13.3. The van der Waals surface area contributed by atoms with Gasteiger partial charge in [0.05, 0.1) is 15.8 Å². The van der Waals surface area contributed by atoms with Gasteiger partial charge in [-0.2, -0.15) is 0 Å². The van der Waals surface area contributed by atoms with Crippen LogP contribution in [0.1, 0.15) is 50.2 Å². The lowest BCUT2D eigenvalue weighted by Crippen LogP contribution is -2.51. The Morgan fingerprint density at radius 2 is 1.78 bits per heavy atom. The van der Waals surface area contributed by atoms with Gasteiger partial charge in [0.15, 0.2) is 0 Å². The molecule has 0 aromatic heterocycles. The Morgan fingerprint density at radius 3 is 2.44 bits per heavy atom. The highest BCUT2D eigenvalue weighted by Gasteiger charge is 2.30. The summed E-state index contributed by atoms with van der Waals surface area (Å²) in [5.41, 5.74) is 2.03. The first-order chi connectivity index (χ1) is 15.5. The molecule has 1 saturated carbocycles. The third kappa shape index (κ3) is 7.16. The van der Waals surface area contributed by atoms with Crippen molar-refractivity contribution in [1.29, 1.82) is 0 Å². The molecule has 1 N–H and O–H groups in total. The summed E-state index contributed by atoms with van der Waals surface area (Å²) in [5.74, 6) is 0.859. The summed E-state index contributed by atoms with van der Waals surface area (Å²) in [6, 6.07) is 15.1. The van der Waals surface area contributed by atoms with E-state index < -0.39 is 6.04 Å². The van der Waals surface area contributed by atoms with Gasteiger partial charge in [-0.05, 0) is 42.5 Å². The third-order valence-corrected chi connectivity index (χ3v) is 7.49. The van der Waals surface area contributed by atoms with E-state index in [2.05, 4.69) is 5.32 Å². The normalized spacial score (nSPS) is 14.8. The van der Waals surface area contributed by atoms with E-state index in [4.69, 9.17) is 23.2 Å². The summed E-state index contributed by atoms with van der Waals surface area (Å²) < 4.78 is 0. The average Bonchev–Trinajstić information content (AvgIpc) is 3.29. The first-order valence-electron chi connectivity index (χ1n) is 11.1. The highest BCUT2D eigenvalue weighted by atomic mass is 35.5. The highest BCUT2D eigenvalue weighted by Crippen LogP contribution is 2.25. The molecule has 0 radical (unpaired) electrons. The molecule has 32 heavy (non-hydrogen) atoms. The first-order valence-corrected chi connectivity index (χ1v) is 13.0. The molecule has 1 atom stereocenters. The van der Waals surface area contributed by atoms with Crippen molar-refractivity contribution in [2.24, 2.45) is 0 Å². The van der Waals surface area contributed by atoms with Gasteiger partial charge < -0.3 is 10.2 Å². The van der Waals surface area contributed by atoms with E-state index in [1.54, 1.807) is 11.0 Å². The Bertz CT molecular complexity index is 904. The monoisotopic (exact) mass is 492 g/mol. The first kappa shape index (κ1) is 24.9. The number of nitrogens with one attached hydrogen (secondary N) is 1. The predicted octanol–water partition coefficient (Wildman–Crippen LogP) is 6.09. The summed E-state index contributed by atoms with van der Waals surface area (Å²) in [4.78, 5) is 28.1. The van der Waals surface area contributed by atoms with Crippen LogP contribution in [0.25, 0.3) is 0 Å². The van der Waals surface area contributed by atoms with E-state index >= 15 is 0 Å². The van der Waals surface area contributed by atoms with E-state index in [0.29, 0.717) is 34.5 Å². The van der Waals surface area contributed by atoms with Crippen molar-refractivity contribution in [2.75, 3.05) is 5.75 Å². The SMILES string of the molecule is CC[C@@H](C(=O)NC1CCCC1)N(Cc1ccccc1)C(=O)CSCc1ccc(Cl)c(Cl)c1. The Hall–Kier alpha value is -1.69. The number of hydrogen-bond donors (Lipinski definition) is 1. The number of halogens is 2. The molecule has 172 valence electrons. The Balaban J connectivity index is 1.67. The number of rotatable bonds is 10. The number of hydrogen-bond acceptors (Lipinski definition) is 3. The van der Waals surface area contributed by atoms with E-state index in [0.717, 1.165) is 36.8 Å². The fourth-order valence-corrected chi connectivity index (χ4v) is 5.21. The van der Waals surface area contributed by atoms with Gasteiger partial charge in [-0.3, -0.25) is 9.59 Å². The predicted molar refractivity (Wildman–Crippen MR) is 134 cm³/mol. The van der Waals surface area contributed by atoms with E-state index in [9.17, 15) is 9.59 Å². The molecule has 1 aliphatic carbocycles. The van der Waals surface area contributed by atoms with Crippen molar-refractivity contribution in [3.63, 3.8) is 0 Å². The second-order valence-corrected chi connectivity index (χ2v) is 9.96. The van der Waals surface area contributed by atoms with Gasteiger partial charge in [-0.25, -0.2) is 0 Å². The van der Waals surface area contributed by atoms with Crippen LogP contribution in [0.5, 0.6) is 0 Å². The number of benzene rings is 2. The summed E-state index contributed by atoms with van der Waals surface area (Å²) in [6.45, 7) is 2.39. The molecule has 0 saturated heterocycles. The van der Waals surface area contributed by atoms with Crippen molar-refractivity contribution in [1.82, 2.24) is 10.2 Å². The summed E-state index contributed by atoms with van der Waals surface area (Å²) in [7, 11) is 0. The summed E-state index contributed by atoms with van der Waals surface area (Å²) in [5, 5.41) is 4.21. The lowest BCUT2D eigenvalue weighted by molar-refractivity contribution is -0.139. The number of amides is 2. The van der Waals surface area contributed by atoms with Crippen molar-refractivity contribution < 1.29 is 9.59 Å². The van der Waals surface area contributed by atoms with Crippen molar-refractivity contribution in [3.05, 3.63) is 69.7 Å². The van der Waals surface area contributed by atoms with Crippen LogP contribution in [0, 0.1) is 0 Å². The summed E-state index contributed by atoms with van der Waals surface area (Å²) in [6.07, 6.45) is 4.93. The van der Waals surface area contributed by atoms with Crippen LogP contribution in [0.3, 0.4) is 0 Å². The largest absolute Gasteiger partial charge is 0.352 e. The zero-order valence-corrected chi connectivity index (χ0v) is 20.7. The van der Waals surface area contributed by atoms with Crippen LogP contribution in [-0.2, 0) is 21.9 Å².